The first-order valence-corrected chi connectivity index (χ1v) is 9.50. The number of benzene rings is 2. The second kappa shape index (κ2) is 9.78. The predicted molar refractivity (Wildman–Crippen MR) is 104 cm³/mol. The Labute approximate surface area is 151 Å². The minimum absolute atomic E-state index is 0.528. The molecule has 0 aliphatic rings. The molecule has 0 aliphatic heterocycles. The predicted octanol–water partition coefficient (Wildman–Crippen LogP) is 6.36. The standard InChI is InChI=1S/C21H29ClO2/c1-16(2)15-24-21-11-8-18-14-19(9-10-20(18)17(21)3)23-13-7-5-4-6-12-22/h8-11,14,16H,4-7,12-13,15H2,1-3H3. The summed E-state index contributed by atoms with van der Waals surface area (Å²) in [6, 6.07) is 10.5. The van der Waals surface area contributed by atoms with Gasteiger partial charge in [0.05, 0.1) is 13.2 Å². The summed E-state index contributed by atoms with van der Waals surface area (Å²) in [5, 5.41) is 2.43. The van der Waals surface area contributed by atoms with E-state index in [-0.39, 0.29) is 0 Å². The molecule has 2 aromatic rings. The number of fused-ring (bicyclic) bond motifs is 1. The van der Waals surface area contributed by atoms with Crippen LogP contribution in [0.5, 0.6) is 11.5 Å². The maximum absolute atomic E-state index is 5.91. The van der Waals surface area contributed by atoms with Crippen molar-refractivity contribution in [1.29, 1.82) is 0 Å². The van der Waals surface area contributed by atoms with E-state index in [2.05, 4.69) is 51.1 Å². The van der Waals surface area contributed by atoms with Crippen molar-refractivity contribution in [3.05, 3.63) is 35.9 Å². The molecule has 0 saturated heterocycles. The zero-order chi connectivity index (χ0) is 17.4. The van der Waals surface area contributed by atoms with Crippen molar-refractivity contribution in [2.45, 2.75) is 46.5 Å². The lowest BCUT2D eigenvalue weighted by molar-refractivity contribution is 0.270. The Bertz CT molecular complexity index is 637. The van der Waals surface area contributed by atoms with Gasteiger partial charge in [0.1, 0.15) is 11.5 Å². The van der Waals surface area contributed by atoms with Crippen LogP contribution >= 0.6 is 11.6 Å². The quantitative estimate of drug-likeness (QED) is 0.367. The summed E-state index contributed by atoms with van der Waals surface area (Å²) in [6.45, 7) is 7.96. The highest BCUT2D eigenvalue weighted by Gasteiger charge is 2.07. The summed E-state index contributed by atoms with van der Waals surface area (Å²) >= 11 is 5.68. The molecule has 0 radical (unpaired) electrons. The van der Waals surface area contributed by atoms with Crippen molar-refractivity contribution in [1.82, 2.24) is 0 Å². The van der Waals surface area contributed by atoms with Gasteiger partial charge in [-0.15, -0.1) is 11.6 Å². The van der Waals surface area contributed by atoms with Gasteiger partial charge in [0.15, 0.2) is 0 Å². The Morgan fingerprint density at radius 1 is 0.958 bits per heavy atom. The molecule has 0 heterocycles. The number of ether oxygens (including phenoxy) is 2. The van der Waals surface area contributed by atoms with E-state index in [4.69, 9.17) is 21.1 Å². The number of hydrogen-bond donors (Lipinski definition) is 0. The zero-order valence-corrected chi connectivity index (χ0v) is 15.9. The summed E-state index contributed by atoms with van der Waals surface area (Å²) in [5.41, 5.74) is 1.20. The van der Waals surface area contributed by atoms with Crippen molar-refractivity contribution in [2.24, 2.45) is 5.92 Å². The third kappa shape index (κ3) is 5.59. The van der Waals surface area contributed by atoms with Gasteiger partial charge in [-0.2, -0.15) is 0 Å². The highest BCUT2D eigenvalue weighted by Crippen LogP contribution is 2.30. The van der Waals surface area contributed by atoms with Crippen LogP contribution in [-0.4, -0.2) is 19.1 Å². The Balaban J connectivity index is 1.97. The third-order valence-electron chi connectivity index (χ3n) is 4.08. The fraction of sp³-hybridized carbons (Fsp3) is 0.524. The van der Waals surface area contributed by atoms with Crippen molar-refractivity contribution in [2.75, 3.05) is 19.1 Å². The lowest BCUT2D eigenvalue weighted by atomic mass is 10.0. The fourth-order valence-electron chi connectivity index (χ4n) is 2.69. The van der Waals surface area contributed by atoms with Crippen LogP contribution in [0.3, 0.4) is 0 Å². The molecule has 2 rings (SSSR count). The number of aryl methyl sites for hydroxylation is 1. The summed E-state index contributed by atoms with van der Waals surface area (Å²) in [4.78, 5) is 0. The molecule has 0 atom stereocenters. The Morgan fingerprint density at radius 3 is 2.50 bits per heavy atom. The molecule has 24 heavy (non-hydrogen) atoms. The molecule has 0 aromatic heterocycles. The number of unbranched alkanes of at least 4 members (excludes halogenated alkanes) is 3. The second-order valence-corrected chi connectivity index (χ2v) is 7.11. The minimum Gasteiger partial charge on any atom is -0.494 e. The molecule has 0 saturated carbocycles. The molecule has 132 valence electrons. The van der Waals surface area contributed by atoms with E-state index in [0.29, 0.717) is 5.92 Å². The van der Waals surface area contributed by atoms with Gasteiger partial charge in [-0.3, -0.25) is 0 Å². The Morgan fingerprint density at radius 2 is 1.75 bits per heavy atom. The molecule has 0 unspecified atom stereocenters. The van der Waals surface area contributed by atoms with Gasteiger partial charge >= 0.3 is 0 Å². The normalized spacial score (nSPS) is 11.2. The first kappa shape index (κ1) is 18.9. The van der Waals surface area contributed by atoms with Crippen molar-refractivity contribution < 1.29 is 9.47 Å². The average Bonchev–Trinajstić information content (AvgIpc) is 2.57. The summed E-state index contributed by atoms with van der Waals surface area (Å²) in [6.07, 6.45) is 4.53. The molecule has 0 amide bonds. The van der Waals surface area contributed by atoms with Crippen LogP contribution in [0.2, 0.25) is 0 Å². The number of halogens is 1. The van der Waals surface area contributed by atoms with Gasteiger partial charge in [-0.05, 0) is 60.2 Å². The van der Waals surface area contributed by atoms with E-state index in [9.17, 15) is 0 Å². The van der Waals surface area contributed by atoms with Gasteiger partial charge in [-0.25, -0.2) is 0 Å². The molecule has 2 nitrogen and oxygen atoms in total. The molecule has 0 spiro atoms. The highest BCUT2D eigenvalue weighted by molar-refractivity contribution is 6.17. The van der Waals surface area contributed by atoms with Gasteiger partial charge in [0.25, 0.3) is 0 Å². The summed E-state index contributed by atoms with van der Waals surface area (Å²) in [7, 11) is 0. The molecule has 3 heteroatoms. The molecule has 0 fully saturated rings. The maximum atomic E-state index is 5.91. The monoisotopic (exact) mass is 348 g/mol. The van der Waals surface area contributed by atoms with Crippen LogP contribution in [0, 0.1) is 12.8 Å². The van der Waals surface area contributed by atoms with Crippen molar-refractivity contribution >= 4 is 22.4 Å². The SMILES string of the molecule is Cc1c(OCC(C)C)ccc2cc(OCCCCCCCl)ccc12. The van der Waals surface area contributed by atoms with Gasteiger partial charge in [0.2, 0.25) is 0 Å². The lowest BCUT2D eigenvalue weighted by Crippen LogP contribution is -2.05. The van der Waals surface area contributed by atoms with Gasteiger partial charge < -0.3 is 9.47 Å². The molecule has 0 aliphatic carbocycles. The average molecular weight is 349 g/mol. The van der Waals surface area contributed by atoms with E-state index < -0.39 is 0 Å². The second-order valence-electron chi connectivity index (χ2n) is 6.73. The number of rotatable bonds is 10. The van der Waals surface area contributed by atoms with Crippen LogP contribution in [0.1, 0.15) is 45.1 Å². The highest BCUT2D eigenvalue weighted by atomic mass is 35.5. The van der Waals surface area contributed by atoms with E-state index in [1.807, 2.05) is 0 Å². The van der Waals surface area contributed by atoms with Crippen LogP contribution in [0.25, 0.3) is 10.8 Å². The van der Waals surface area contributed by atoms with Crippen LogP contribution < -0.4 is 9.47 Å². The zero-order valence-electron chi connectivity index (χ0n) is 15.1. The maximum Gasteiger partial charge on any atom is 0.122 e. The van der Waals surface area contributed by atoms with Crippen LogP contribution in [0.4, 0.5) is 0 Å². The first-order valence-electron chi connectivity index (χ1n) is 8.96. The van der Waals surface area contributed by atoms with E-state index in [1.54, 1.807) is 0 Å². The van der Waals surface area contributed by atoms with Crippen molar-refractivity contribution in [3.63, 3.8) is 0 Å². The van der Waals surface area contributed by atoms with E-state index >= 15 is 0 Å². The van der Waals surface area contributed by atoms with Crippen LogP contribution in [0.15, 0.2) is 30.3 Å². The topological polar surface area (TPSA) is 18.5 Å². The van der Waals surface area contributed by atoms with Crippen molar-refractivity contribution in [3.8, 4) is 11.5 Å². The molecule has 2 aromatic carbocycles. The Kier molecular flexibility index (Phi) is 7.71. The third-order valence-corrected chi connectivity index (χ3v) is 4.35. The fourth-order valence-corrected chi connectivity index (χ4v) is 2.88. The summed E-state index contributed by atoms with van der Waals surface area (Å²) < 4.78 is 11.8. The van der Waals surface area contributed by atoms with Gasteiger partial charge in [0, 0.05) is 5.88 Å². The lowest BCUT2D eigenvalue weighted by Gasteiger charge is -2.14. The van der Waals surface area contributed by atoms with E-state index in [0.717, 1.165) is 43.4 Å². The van der Waals surface area contributed by atoms with E-state index in [1.165, 1.54) is 29.2 Å². The Hall–Kier alpha value is -1.41. The molecule has 0 bridgehead atoms. The smallest absolute Gasteiger partial charge is 0.122 e. The number of hydrogen-bond acceptors (Lipinski definition) is 2. The number of alkyl halides is 1. The minimum atomic E-state index is 0.528. The first-order chi connectivity index (χ1) is 11.6. The van der Waals surface area contributed by atoms with Gasteiger partial charge in [-0.1, -0.05) is 38.8 Å². The molecular formula is C21H29ClO2. The van der Waals surface area contributed by atoms with Crippen LogP contribution in [-0.2, 0) is 0 Å². The largest absolute Gasteiger partial charge is 0.494 e. The molecular weight excluding hydrogens is 320 g/mol. The molecule has 0 N–H and O–H groups in total. The summed E-state index contributed by atoms with van der Waals surface area (Å²) in [5.74, 6) is 3.20.